The van der Waals surface area contributed by atoms with Gasteiger partial charge in [0.2, 0.25) is 5.91 Å². The largest absolute Gasteiger partial charge is 0.496 e. The van der Waals surface area contributed by atoms with Crippen LogP contribution in [0.3, 0.4) is 0 Å². The third-order valence-electron chi connectivity index (χ3n) is 3.59. The van der Waals surface area contributed by atoms with Gasteiger partial charge in [-0.25, -0.2) is 4.39 Å². The van der Waals surface area contributed by atoms with Crippen LogP contribution in [0.15, 0.2) is 23.6 Å². The van der Waals surface area contributed by atoms with Gasteiger partial charge in [0, 0.05) is 27.9 Å². The Morgan fingerprint density at radius 3 is 2.90 bits per heavy atom. The number of thiophene rings is 1. The van der Waals surface area contributed by atoms with E-state index >= 15 is 0 Å². The second-order valence-corrected chi connectivity index (χ2v) is 5.89. The molecule has 1 atom stereocenters. The third-order valence-corrected chi connectivity index (χ3v) is 4.59. The summed E-state index contributed by atoms with van der Waals surface area (Å²) in [5.41, 5.74) is 8.08. The average molecular weight is 306 g/mol. The number of halogens is 1. The molecule has 21 heavy (non-hydrogen) atoms. The Balaban J connectivity index is 1.96. The summed E-state index contributed by atoms with van der Waals surface area (Å²) in [5, 5.41) is 4.52. The van der Waals surface area contributed by atoms with Crippen molar-refractivity contribution >= 4 is 22.9 Å². The number of anilines is 1. The minimum Gasteiger partial charge on any atom is -0.496 e. The van der Waals surface area contributed by atoms with Crippen molar-refractivity contribution in [2.24, 2.45) is 5.73 Å². The van der Waals surface area contributed by atoms with E-state index in [9.17, 15) is 9.18 Å². The molecule has 6 heteroatoms. The van der Waals surface area contributed by atoms with Gasteiger partial charge in [0.05, 0.1) is 13.2 Å². The smallest absolute Gasteiger partial charge is 0.224 e. The summed E-state index contributed by atoms with van der Waals surface area (Å²) in [5.74, 6) is 0.230. The monoisotopic (exact) mass is 306 g/mol. The molecule has 0 aliphatic carbocycles. The van der Waals surface area contributed by atoms with Crippen LogP contribution in [0.25, 0.3) is 0 Å². The fourth-order valence-electron chi connectivity index (χ4n) is 2.42. The topological polar surface area (TPSA) is 64.3 Å². The molecular weight excluding hydrogens is 291 g/mol. The van der Waals surface area contributed by atoms with Crippen molar-refractivity contribution in [2.45, 2.75) is 18.9 Å². The molecule has 3 N–H and O–H groups in total. The van der Waals surface area contributed by atoms with E-state index in [1.165, 1.54) is 17.4 Å². The number of nitrogens with one attached hydrogen (secondary N) is 1. The zero-order valence-electron chi connectivity index (χ0n) is 11.5. The van der Waals surface area contributed by atoms with Gasteiger partial charge in [-0.1, -0.05) is 0 Å². The first kappa shape index (κ1) is 14.0. The van der Waals surface area contributed by atoms with Crippen LogP contribution in [0.2, 0.25) is 0 Å². The maximum absolute atomic E-state index is 14.3. The predicted octanol–water partition coefficient (Wildman–Crippen LogP) is 2.83. The molecule has 0 saturated carbocycles. The zero-order chi connectivity index (χ0) is 15.0. The maximum atomic E-state index is 14.3. The summed E-state index contributed by atoms with van der Waals surface area (Å²) in [6, 6.07) is 4.38. The van der Waals surface area contributed by atoms with Gasteiger partial charge < -0.3 is 15.8 Å². The second kappa shape index (κ2) is 5.46. The number of carbonyl (C=O) groups excluding carboxylic acids is 1. The number of hydrogen-bond acceptors (Lipinski definition) is 4. The summed E-state index contributed by atoms with van der Waals surface area (Å²) < 4.78 is 19.4. The van der Waals surface area contributed by atoms with Gasteiger partial charge >= 0.3 is 0 Å². The van der Waals surface area contributed by atoms with Crippen LogP contribution in [0.4, 0.5) is 10.1 Å². The average Bonchev–Trinajstić information content (AvgIpc) is 2.94. The van der Waals surface area contributed by atoms with E-state index in [1.807, 2.05) is 11.4 Å². The lowest BCUT2D eigenvalue weighted by Crippen LogP contribution is -2.21. The summed E-state index contributed by atoms with van der Waals surface area (Å²) in [6.45, 7) is 0. The van der Waals surface area contributed by atoms with Crippen molar-refractivity contribution < 1.29 is 13.9 Å². The lowest BCUT2D eigenvalue weighted by atomic mass is 9.96. The van der Waals surface area contributed by atoms with Gasteiger partial charge in [0.15, 0.2) is 0 Å². The molecule has 2 aromatic rings. The Kier molecular flexibility index (Phi) is 3.65. The molecule has 2 heterocycles. The first-order valence-corrected chi connectivity index (χ1v) is 7.46. The summed E-state index contributed by atoms with van der Waals surface area (Å²) in [6.07, 6.45) is 1.02. The van der Waals surface area contributed by atoms with Gasteiger partial charge in [-0.05, 0) is 30.2 Å². The third kappa shape index (κ3) is 2.64. The van der Waals surface area contributed by atoms with E-state index in [2.05, 4.69) is 5.32 Å². The Morgan fingerprint density at radius 1 is 1.38 bits per heavy atom. The molecular formula is C15H15FN2O2S. The van der Waals surface area contributed by atoms with Crippen LogP contribution in [-0.4, -0.2) is 13.0 Å². The number of amides is 1. The second-order valence-electron chi connectivity index (χ2n) is 4.95. The van der Waals surface area contributed by atoms with E-state index in [-0.39, 0.29) is 5.91 Å². The number of benzene rings is 1. The van der Waals surface area contributed by atoms with Crippen molar-refractivity contribution in [3.63, 3.8) is 0 Å². The first-order chi connectivity index (χ1) is 10.1. The Hall–Kier alpha value is -1.92. The van der Waals surface area contributed by atoms with E-state index in [4.69, 9.17) is 10.5 Å². The van der Waals surface area contributed by atoms with Gasteiger partial charge in [-0.2, -0.15) is 0 Å². The molecule has 0 saturated heterocycles. The molecule has 0 spiro atoms. The minimum absolute atomic E-state index is 0.0815. The molecule has 1 aliphatic heterocycles. The molecule has 0 radical (unpaired) electrons. The quantitative estimate of drug-likeness (QED) is 0.916. The summed E-state index contributed by atoms with van der Waals surface area (Å²) in [7, 11) is 1.58. The van der Waals surface area contributed by atoms with Crippen molar-refractivity contribution in [2.75, 3.05) is 12.4 Å². The van der Waals surface area contributed by atoms with Crippen LogP contribution in [-0.2, 0) is 11.2 Å². The van der Waals surface area contributed by atoms with E-state index < -0.39 is 11.9 Å². The van der Waals surface area contributed by atoms with Gasteiger partial charge in [0.1, 0.15) is 11.6 Å². The van der Waals surface area contributed by atoms with E-state index in [0.717, 1.165) is 16.2 Å². The van der Waals surface area contributed by atoms with Crippen LogP contribution in [0, 0.1) is 5.82 Å². The lowest BCUT2D eigenvalue weighted by molar-refractivity contribution is -0.116. The zero-order valence-corrected chi connectivity index (χ0v) is 12.3. The molecule has 0 fully saturated rings. The van der Waals surface area contributed by atoms with Crippen LogP contribution in [0.5, 0.6) is 5.75 Å². The highest BCUT2D eigenvalue weighted by molar-refractivity contribution is 7.10. The van der Waals surface area contributed by atoms with Crippen molar-refractivity contribution in [1.82, 2.24) is 0 Å². The number of fused-ring (bicyclic) bond motifs is 1. The van der Waals surface area contributed by atoms with Crippen LogP contribution >= 0.6 is 11.3 Å². The fourth-order valence-corrected chi connectivity index (χ4v) is 3.29. The van der Waals surface area contributed by atoms with Gasteiger partial charge in [0.25, 0.3) is 0 Å². The fraction of sp³-hybridized carbons (Fsp3) is 0.267. The Labute approximate surface area is 125 Å². The normalized spacial score (nSPS) is 15.3. The highest BCUT2D eigenvalue weighted by Gasteiger charge is 2.21. The Morgan fingerprint density at radius 2 is 2.19 bits per heavy atom. The Bertz CT molecular complexity index is 699. The summed E-state index contributed by atoms with van der Waals surface area (Å²) >= 11 is 1.44. The predicted molar refractivity (Wildman–Crippen MR) is 80.3 cm³/mol. The number of hydrogen-bond donors (Lipinski definition) is 2. The molecule has 1 amide bonds. The molecule has 1 aliphatic rings. The summed E-state index contributed by atoms with van der Waals surface area (Å²) in [4.78, 5) is 12.2. The number of carbonyl (C=O) groups is 1. The van der Waals surface area contributed by atoms with E-state index in [1.54, 1.807) is 13.2 Å². The lowest BCUT2D eigenvalue weighted by Gasteiger charge is -2.20. The van der Waals surface area contributed by atoms with Crippen LogP contribution < -0.4 is 15.8 Å². The molecule has 1 aromatic carbocycles. The highest BCUT2D eigenvalue weighted by atomic mass is 32.1. The van der Waals surface area contributed by atoms with Crippen molar-refractivity contribution in [3.05, 3.63) is 45.4 Å². The minimum atomic E-state index is -0.540. The SMILES string of the molecule is COc1csc(C(N)c2cc3c(cc2F)NC(=O)CC3)c1. The standard InChI is InChI=1S/C15H15FN2O2S/c1-20-9-5-13(21-7-9)15(17)10-4-8-2-3-14(19)18-12(8)6-11(10)16/h4-7,15H,2-3,17H2,1H3,(H,18,19). The molecule has 1 unspecified atom stereocenters. The molecule has 110 valence electrons. The van der Waals surface area contributed by atoms with Crippen molar-refractivity contribution in [3.8, 4) is 5.75 Å². The molecule has 3 rings (SSSR count). The van der Waals surface area contributed by atoms with Crippen molar-refractivity contribution in [1.29, 1.82) is 0 Å². The van der Waals surface area contributed by atoms with Crippen LogP contribution in [0.1, 0.15) is 28.5 Å². The highest BCUT2D eigenvalue weighted by Crippen LogP contribution is 2.34. The van der Waals surface area contributed by atoms with E-state index in [0.29, 0.717) is 24.1 Å². The number of aryl methyl sites for hydroxylation is 1. The molecule has 4 nitrogen and oxygen atoms in total. The molecule has 1 aromatic heterocycles. The number of nitrogens with two attached hydrogens (primary N) is 1. The molecule has 0 bridgehead atoms. The number of ether oxygens (including phenoxy) is 1. The number of methoxy groups -OCH3 is 1. The van der Waals surface area contributed by atoms with Gasteiger partial charge in [-0.15, -0.1) is 11.3 Å². The number of rotatable bonds is 3. The maximum Gasteiger partial charge on any atom is 0.224 e. The van der Waals surface area contributed by atoms with Gasteiger partial charge in [-0.3, -0.25) is 4.79 Å². The first-order valence-electron chi connectivity index (χ1n) is 6.58.